The summed E-state index contributed by atoms with van der Waals surface area (Å²) in [5, 5.41) is 0. The summed E-state index contributed by atoms with van der Waals surface area (Å²) in [7, 11) is 0. The number of hydrogen-bond donors (Lipinski definition) is 0. The molecule has 1 aromatic rings. The SMILES string of the molecule is Cc1cc(C)cc(COC(=O)CN2C(=O)[C@@H]3CCCC[C@H]3C2=O)c1. The van der Waals surface area contributed by atoms with Gasteiger partial charge in [0.15, 0.2) is 0 Å². The number of imide groups is 1. The smallest absolute Gasteiger partial charge is 0.326 e. The Kier molecular flexibility index (Phi) is 4.69. The monoisotopic (exact) mass is 329 g/mol. The first-order chi connectivity index (χ1) is 11.5. The normalized spacial score (nSPS) is 23.3. The topological polar surface area (TPSA) is 63.7 Å². The third-order valence-electron chi connectivity index (χ3n) is 4.90. The molecule has 0 radical (unpaired) electrons. The minimum absolute atomic E-state index is 0.157. The molecule has 2 fully saturated rings. The lowest BCUT2D eigenvalue weighted by Crippen LogP contribution is -2.36. The van der Waals surface area contributed by atoms with Crippen molar-refractivity contribution in [1.82, 2.24) is 4.90 Å². The first-order valence-electron chi connectivity index (χ1n) is 8.53. The number of fused-ring (bicyclic) bond motifs is 1. The number of aryl methyl sites for hydroxylation is 2. The molecule has 2 atom stereocenters. The highest BCUT2D eigenvalue weighted by Gasteiger charge is 2.48. The first kappa shape index (κ1) is 16.7. The maximum atomic E-state index is 12.3. The van der Waals surface area contributed by atoms with Gasteiger partial charge in [-0.3, -0.25) is 19.3 Å². The molecular formula is C19H23NO4. The Bertz CT molecular complexity index is 638. The van der Waals surface area contributed by atoms with Gasteiger partial charge in [-0.25, -0.2) is 0 Å². The van der Waals surface area contributed by atoms with E-state index in [0.29, 0.717) is 0 Å². The Morgan fingerprint density at radius 3 is 2.12 bits per heavy atom. The third kappa shape index (κ3) is 3.35. The molecule has 2 amide bonds. The van der Waals surface area contributed by atoms with Crippen LogP contribution in [-0.2, 0) is 25.7 Å². The number of carbonyl (C=O) groups is 3. The van der Waals surface area contributed by atoms with Crippen molar-refractivity contribution in [3.05, 3.63) is 34.9 Å². The lowest BCUT2D eigenvalue weighted by Gasteiger charge is -2.19. The summed E-state index contributed by atoms with van der Waals surface area (Å²) in [6.45, 7) is 3.86. The highest BCUT2D eigenvalue weighted by Crippen LogP contribution is 2.37. The average molecular weight is 329 g/mol. The quantitative estimate of drug-likeness (QED) is 0.629. The van der Waals surface area contributed by atoms with Crippen molar-refractivity contribution >= 4 is 17.8 Å². The summed E-state index contributed by atoms with van der Waals surface area (Å²) < 4.78 is 5.27. The number of nitrogens with zero attached hydrogens (tertiary/aromatic N) is 1. The van der Waals surface area contributed by atoms with E-state index < -0.39 is 5.97 Å². The van der Waals surface area contributed by atoms with Crippen LogP contribution in [0.15, 0.2) is 18.2 Å². The zero-order valence-electron chi connectivity index (χ0n) is 14.2. The van der Waals surface area contributed by atoms with Gasteiger partial charge in [0.1, 0.15) is 13.2 Å². The van der Waals surface area contributed by atoms with Crippen LogP contribution in [0.25, 0.3) is 0 Å². The molecule has 1 aliphatic carbocycles. The molecule has 3 rings (SSSR count). The standard InChI is InChI=1S/C19H23NO4/c1-12-7-13(2)9-14(8-12)11-24-17(21)10-20-18(22)15-5-3-4-6-16(15)19(20)23/h7-9,15-16H,3-6,10-11H2,1-2H3/t15-,16-/m1/s1. The van der Waals surface area contributed by atoms with Crippen LogP contribution in [0.3, 0.4) is 0 Å². The average Bonchev–Trinajstić information content (AvgIpc) is 2.78. The molecule has 1 saturated carbocycles. The van der Waals surface area contributed by atoms with Crippen LogP contribution in [0, 0.1) is 25.7 Å². The predicted molar refractivity (Wildman–Crippen MR) is 87.9 cm³/mol. The van der Waals surface area contributed by atoms with E-state index in [1.54, 1.807) is 0 Å². The van der Waals surface area contributed by atoms with Crippen LogP contribution >= 0.6 is 0 Å². The number of hydrogen-bond acceptors (Lipinski definition) is 4. The van der Waals surface area contributed by atoms with Gasteiger partial charge in [0.25, 0.3) is 0 Å². The predicted octanol–water partition coefficient (Wildman–Crippen LogP) is 2.52. The molecule has 5 heteroatoms. The Morgan fingerprint density at radius 2 is 1.58 bits per heavy atom. The number of rotatable bonds is 4. The minimum atomic E-state index is -0.533. The molecule has 1 aromatic carbocycles. The van der Waals surface area contributed by atoms with Crippen molar-refractivity contribution in [1.29, 1.82) is 0 Å². The number of ether oxygens (including phenoxy) is 1. The van der Waals surface area contributed by atoms with E-state index in [9.17, 15) is 14.4 Å². The van der Waals surface area contributed by atoms with E-state index in [0.717, 1.165) is 47.3 Å². The van der Waals surface area contributed by atoms with E-state index in [2.05, 4.69) is 6.07 Å². The molecule has 1 saturated heterocycles. The summed E-state index contributed by atoms with van der Waals surface area (Å²) in [5.74, 6) is -1.38. The first-order valence-corrected chi connectivity index (χ1v) is 8.53. The van der Waals surface area contributed by atoms with Gasteiger partial charge >= 0.3 is 5.97 Å². The maximum absolute atomic E-state index is 12.3. The zero-order valence-corrected chi connectivity index (χ0v) is 14.2. The largest absolute Gasteiger partial charge is 0.459 e. The number of benzene rings is 1. The van der Waals surface area contributed by atoms with Crippen molar-refractivity contribution in [3.8, 4) is 0 Å². The van der Waals surface area contributed by atoms with E-state index in [1.807, 2.05) is 26.0 Å². The Morgan fingerprint density at radius 1 is 1.04 bits per heavy atom. The van der Waals surface area contributed by atoms with Crippen LogP contribution in [-0.4, -0.2) is 29.2 Å². The van der Waals surface area contributed by atoms with Gasteiger partial charge in [0, 0.05) is 0 Å². The molecule has 2 aliphatic rings. The van der Waals surface area contributed by atoms with Gasteiger partial charge in [-0.05, 0) is 32.3 Å². The molecule has 5 nitrogen and oxygen atoms in total. The molecule has 0 bridgehead atoms. The molecular weight excluding hydrogens is 306 g/mol. The van der Waals surface area contributed by atoms with Crippen molar-refractivity contribution in [2.24, 2.45) is 11.8 Å². The zero-order chi connectivity index (χ0) is 17.3. The van der Waals surface area contributed by atoms with Gasteiger partial charge in [0.2, 0.25) is 11.8 Å². The molecule has 1 aliphatic heterocycles. The fourth-order valence-electron chi connectivity index (χ4n) is 3.88. The number of carbonyl (C=O) groups excluding carboxylic acids is 3. The summed E-state index contributed by atoms with van der Waals surface area (Å²) in [6.07, 6.45) is 3.46. The van der Waals surface area contributed by atoms with Gasteiger partial charge in [-0.1, -0.05) is 42.2 Å². The lowest BCUT2D eigenvalue weighted by molar-refractivity contribution is -0.153. The second-order valence-corrected chi connectivity index (χ2v) is 6.92. The van der Waals surface area contributed by atoms with Gasteiger partial charge < -0.3 is 4.74 Å². The summed E-state index contributed by atoms with van der Waals surface area (Å²) in [6, 6.07) is 5.97. The summed E-state index contributed by atoms with van der Waals surface area (Å²) in [5.41, 5.74) is 3.12. The van der Waals surface area contributed by atoms with E-state index in [-0.39, 0.29) is 36.8 Å². The Balaban J connectivity index is 1.58. The second-order valence-electron chi connectivity index (χ2n) is 6.92. The number of esters is 1. The van der Waals surface area contributed by atoms with Gasteiger partial charge in [-0.15, -0.1) is 0 Å². The summed E-state index contributed by atoms with van der Waals surface area (Å²) >= 11 is 0. The number of likely N-dealkylation sites (tertiary alicyclic amines) is 1. The highest BCUT2D eigenvalue weighted by molar-refractivity contribution is 6.07. The molecule has 0 unspecified atom stereocenters. The van der Waals surface area contributed by atoms with Crippen molar-refractivity contribution in [3.63, 3.8) is 0 Å². The maximum Gasteiger partial charge on any atom is 0.326 e. The van der Waals surface area contributed by atoms with Gasteiger partial charge in [0.05, 0.1) is 11.8 Å². The molecule has 0 aromatic heterocycles. The molecule has 24 heavy (non-hydrogen) atoms. The summed E-state index contributed by atoms with van der Waals surface area (Å²) in [4.78, 5) is 37.9. The van der Waals surface area contributed by atoms with Crippen molar-refractivity contribution in [2.45, 2.75) is 46.1 Å². The van der Waals surface area contributed by atoms with Crippen LogP contribution in [0.2, 0.25) is 0 Å². The number of amides is 2. The van der Waals surface area contributed by atoms with Gasteiger partial charge in [-0.2, -0.15) is 0 Å². The fourth-order valence-corrected chi connectivity index (χ4v) is 3.88. The van der Waals surface area contributed by atoms with Crippen LogP contribution in [0.5, 0.6) is 0 Å². The third-order valence-corrected chi connectivity index (χ3v) is 4.90. The second kappa shape index (κ2) is 6.75. The highest BCUT2D eigenvalue weighted by atomic mass is 16.5. The van der Waals surface area contributed by atoms with Crippen molar-refractivity contribution in [2.75, 3.05) is 6.54 Å². The Labute approximate surface area is 142 Å². The van der Waals surface area contributed by atoms with E-state index in [1.165, 1.54) is 0 Å². The molecule has 0 N–H and O–H groups in total. The minimum Gasteiger partial charge on any atom is -0.459 e. The lowest BCUT2D eigenvalue weighted by atomic mass is 9.81. The molecule has 1 heterocycles. The van der Waals surface area contributed by atoms with Crippen LogP contribution in [0.1, 0.15) is 42.4 Å². The molecule has 0 spiro atoms. The van der Waals surface area contributed by atoms with Crippen LogP contribution < -0.4 is 0 Å². The molecule has 128 valence electrons. The Hall–Kier alpha value is -2.17. The van der Waals surface area contributed by atoms with Crippen molar-refractivity contribution < 1.29 is 19.1 Å². The fraction of sp³-hybridized carbons (Fsp3) is 0.526. The van der Waals surface area contributed by atoms with E-state index in [4.69, 9.17) is 4.74 Å². The van der Waals surface area contributed by atoms with Crippen LogP contribution in [0.4, 0.5) is 0 Å². The van der Waals surface area contributed by atoms with E-state index >= 15 is 0 Å².